The van der Waals surface area contributed by atoms with E-state index in [1.165, 1.54) is 12.1 Å². The molecule has 0 spiro atoms. The summed E-state index contributed by atoms with van der Waals surface area (Å²) in [7, 11) is 3.53. The Morgan fingerprint density at radius 3 is 2.97 bits per heavy atom. The van der Waals surface area contributed by atoms with Gasteiger partial charge in [-0.2, -0.15) is 0 Å². The molecule has 2 saturated heterocycles. The first-order valence-corrected chi connectivity index (χ1v) is 10.8. The molecule has 2 atom stereocenters. The minimum atomic E-state index is 0. The third kappa shape index (κ3) is 8.11. The summed E-state index contributed by atoms with van der Waals surface area (Å²) in [4.78, 5) is 6.76. The fraction of sp³-hybridized carbons (Fsp3) is 0.682. The topological polar surface area (TPSA) is 67.4 Å². The van der Waals surface area contributed by atoms with Crippen LogP contribution in [0.4, 0.5) is 5.69 Å². The van der Waals surface area contributed by atoms with Crippen LogP contribution in [0.3, 0.4) is 0 Å². The van der Waals surface area contributed by atoms with Gasteiger partial charge in [-0.3, -0.25) is 4.99 Å². The molecule has 2 aliphatic rings. The summed E-state index contributed by atoms with van der Waals surface area (Å²) in [6.07, 6.45) is 4.74. The van der Waals surface area contributed by atoms with Crippen molar-refractivity contribution in [1.29, 1.82) is 0 Å². The van der Waals surface area contributed by atoms with Crippen LogP contribution in [-0.4, -0.2) is 72.2 Å². The minimum Gasteiger partial charge on any atom is -0.497 e. The number of halogens is 1. The second-order valence-corrected chi connectivity index (χ2v) is 7.75. The van der Waals surface area contributed by atoms with Crippen LogP contribution >= 0.6 is 24.0 Å². The zero-order chi connectivity index (χ0) is 20.3. The van der Waals surface area contributed by atoms with E-state index in [0.29, 0.717) is 12.0 Å². The molecule has 1 aromatic rings. The number of methoxy groups -OCH3 is 1. The molecule has 0 aromatic heterocycles. The fourth-order valence-corrected chi connectivity index (χ4v) is 3.87. The number of hydrogen-bond donors (Lipinski definition) is 2. The lowest BCUT2D eigenvalue weighted by molar-refractivity contribution is 0.0168. The van der Waals surface area contributed by atoms with E-state index in [2.05, 4.69) is 38.7 Å². The maximum atomic E-state index is 5.70. The Labute approximate surface area is 197 Å². The third-order valence-corrected chi connectivity index (χ3v) is 5.57. The van der Waals surface area contributed by atoms with Crippen LogP contribution in [0.2, 0.25) is 0 Å². The highest BCUT2D eigenvalue weighted by Gasteiger charge is 2.23. The van der Waals surface area contributed by atoms with Crippen LogP contribution in [-0.2, 0) is 9.47 Å². The lowest BCUT2D eigenvalue weighted by atomic mass is 10.1. The number of aliphatic imine (C=N–C) groups is 1. The molecule has 2 aliphatic heterocycles. The quantitative estimate of drug-likeness (QED) is 0.209. The predicted octanol–water partition coefficient (Wildman–Crippen LogP) is 2.89. The van der Waals surface area contributed by atoms with Gasteiger partial charge in [0.05, 0.1) is 19.8 Å². The summed E-state index contributed by atoms with van der Waals surface area (Å²) in [5.74, 6) is 2.38. The zero-order valence-corrected chi connectivity index (χ0v) is 20.6. The number of nitrogens with zero attached hydrogens (tertiary/aromatic N) is 2. The van der Waals surface area contributed by atoms with Crippen molar-refractivity contribution in [3.8, 4) is 5.75 Å². The predicted molar refractivity (Wildman–Crippen MR) is 133 cm³/mol. The van der Waals surface area contributed by atoms with Gasteiger partial charge >= 0.3 is 0 Å². The number of hydrogen-bond acceptors (Lipinski definition) is 5. The lowest BCUT2D eigenvalue weighted by Crippen LogP contribution is -2.40. The van der Waals surface area contributed by atoms with Gasteiger partial charge in [0.1, 0.15) is 5.75 Å². The molecule has 2 unspecified atom stereocenters. The summed E-state index contributed by atoms with van der Waals surface area (Å²) >= 11 is 0. The summed E-state index contributed by atoms with van der Waals surface area (Å²) in [5.41, 5.74) is 1.23. The van der Waals surface area contributed by atoms with Gasteiger partial charge in [0.25, 0.3) is 0 Å². The van der Waals surface area contributed by atoms with Gasteiger partial charge in [0, 0.05) is 58.2 Å². The molecule has 0 saturated carbocycles. The van der Waals surface area contributed by atoms with Crippen LogP contribution in [0.5, 0.6) is 5.75 Å². The lowest BCUT2D eigenvalue weighted by Gasteiger charge is -2.20. The van der Waals surface area contributed by atoms with Crippen molar-refractivity contribution in [1.82, 2.24) is 10.6 Å². The van der Waals surface area contributed by atoms with Gasteiger partial charge < -0.3 is 29.7 Å². The number of nitrogens with one attached hydrogen (secondary N) is 2. The molecule has 2 fully saturated rings. The Kier molecular flexibility index (Phi) is 11.6. The van der Waals surface area contributed by atoms with E-state index in [-0.39, 0.29) is 24.0 Å². The van der Waals surface area contributed by atoms with Gasteiger partial charge in [-0.25, -0.2) is 0 Å². The minimum absolute atomic E-state index is 0. The normalized spacial score (nSPS) is 21.4. The molecule has 30 heavy (non-hydrogen) atoms. The Hall–Kier alpha value is -1.26. The van der Waals surface area contributed by atoms with Crippen molar-refractivity contribution in [2.24, 2.45) is 10.9 Å². The van der Waals surface area contributed by atoms with Crippen molar-refractivity contribution in [3.63, 3.8) is 0 Å². The average Bonchev–Trinajstić information content (AvgIpc) is 3.45. The van der Waals surface area contributed by atoms with Crippen LogP contribution in [0.25, 0.3) is 0 Å². The number of ether oxygens (including phenoxy) is 3. The van der Waals surface area contributed by atoms with Crippen molar-refractivity contribution in [2.75, 3.05) is 65.1 Å². The molecule has 0 aliphatic carbocycles. The van der Waals surface area contributed by atoms with Crippen molar-refractivity contribution in [3.05, 3.63) is 24.3 Å². The van der Waals surface area contributed by atoms with E-state index in [1.807, 2.05) is 13.1 Å². The highest BCUT2D eigenvalue weighted by Crippen LogP contribution is 2.26. The molecule has 2 heterocycles. The number of guanidine groups is 1. The monoisotopic (exact) mass is 532 g/mol. The Bertz CT molecular complexity index is 641. The molecule has 0 amide bonds. The molecule has 8 heteroatoms. The smallest absolute Gasteiger partial charge is 0.190 e. The van der Waals surface area contributed by atoms with Gasteiger partial charge in [-0.15, -0.1) is 24.0 Å². The summed E-state index contributed by atoms with van der Waals surface area (Å²) in [5, 5.41) is 6.85. The second-order valence-electron chi connectivity index (χ2n) is 7.75. The maximum absolute atomic E-state index is 5.70. The maximum Gasteiger partial charge on any atom is 0.190 e. The summed E-state index contributed by atoms with van der Waals surface area (Å²) in [6, 6.07) is 8.30. The standard InChI is InChI=1S/C22H36N4O3.HI/c1-23-22(24-10-5-12-28-17-21-8-4-13-29-21)25-15-18-9-11-26(16-18)19-6-3-7-20(14-19)27-2;/h3,6-7,14,18,21H,4-5,8-13,15-17H2,1-2H3,(H2,23,24,25);1H. The Balaban J connectivity index is 0.00000320. The van der Waals surface area contributed by atoms with E-state index >= 15 is 0 Å². The van der Waals surface area contributed by atoms with Crippen LogP contribution in [0.15, 0.2) is 29.3 Å². The third-order valence-electron chi connectivity index (χ3n) is 5.57. The Morgan fingerprint density at radius 1 is 1.30 bits per heavy atom. The van der Waals surface area contributed by atoms with Crippen molar-refractivity contribution < 1.29 is 14.2 Å². The zero-order valence-electron chi connectivity index (χ0n) is 18.3. The van der Waals surface area contributed by atoms with Gasteiger partial charge in [-0.05, 0) is 43.7 Å². The highest BCUT2D eigenvalue weighted by atomic mass is 127. The van der Waals surface area contributed by atoms with Gasteiger partial charge in [-0.1, -0.05) is 6.07 Å². The first kappa shape index (κ1) is 25.0. The summed E-state index contributed by atoms with van der Waals surface area (Å²) < 4.78 is 16.6. The number of anilines is 1. The van der Waals surface area contributed by atoms with E-state index in [9.17, 15) is 0 Å². The first-order chi connectivity index (χ1) is 14.3. The van der Waals surface area contributed by atoms with Crippen molar-refractivity contribution in [2.45, 2.75) is 31.8 Å². The first-order valence-electron chi connectivity index (χ1n) is 10.8. The molecule has 170 valence electrons. The largest absolute Gasteiger partial charge is 0.497 e. The van der Waals surface area contributed by atoms with Crippen LogP contribution in [0.1, 0.15) is 25.7 Å². The van der Waals surface area contributed by atoms with Crippen LogP contribution in [0, 0.1) is 5.92 Å². The molecular weight excluding hydrogens is 495 g/mol. The summed E-state index contributed by atoms with van der Waals surface area (Å²) in [6.45, 7) is 6.26. The molecule has 0 radical (unpaired) electrons. The highest BCUT2D eigenvalue weighted by molar-refractivity contribution is 14.0. The molecule has 0 bridgehead atoms. The Morgan fingerprint density at radius 2 is 2.20 bits per heavy atom. The number of rotatable bonds is 10. The molecule has 1 aromatic carbocycles. The molecule has 2 N–H and O–H groups in total. The van der Waals surface area contributed by atoms with E-state index in [0.717, 1.165) is 77.0 Å². The average molecular weight is 532 g/mol. The molecule has 7 nitrogen and oxygen atoms in total. The SMILES string of the molecule is CN=C(NCCCOCC1CCCO1)NCC1CCN(c2cccc(OC)c2)C1.I. The van der Waals surface area contributed by atoms with Gasteiger partial charge in [0.2, 0.25) is 0 Å². The van der Waals surface area contributed by atoms with Crippen LogP contribution < -0.4 is 20.3 Å². The van der Waals surface area contributed by atoms with E-state index < -0.39 is 0 Å². The van der Waals surface area contributed by atoms with Gasteiger partial charge in [0.15, 0.2) is 5.96 Å². The van der Waals surface area contributed by atoms with Crippen molar-refractivity contribution >= 4 is 35.6 Å². The molecular formula is C22H37IN4O3. The molecule has 3 rings (SSSR count). The van der Waals surface area contributed by atoms with E-state index in [4.69, 9.17) is 14.2 Å². The number of benzene rings is 1. The second kappa shape index (κ2) is 13.9. The van der Waals surface area contributed by atoms with E-state index in [1.54, 1.807) is 7.11 Å². The fourth-order valence-electron chi connectivity index (χ4n) is 3.87.